The first-order chi connectivity index (χ1) is 11.1. The molecular weight excluding hydrogens is 298 g/mol. The number of rotatable bonds is 4. The molecule has 1 saturated carbocycles. The van der Waals surface area contributed by atoms with Gasteiger partial charge in [0.15, 0.2) is 0 Å². The average Bonchev–Trinajstić information content (AvgIpc) is 3.11. The van der Waals surface area contributed by atoms with Crippen LogP contribution in [0.25, 0.3) is 5.95 Å². The maximum atomic E-state index is 11.4. The van der Waals surface area contributed by atoms with Crippen molar-refractivity contribution in [3.8, 4) is 12.0 Å². The Kier molecular flexibility index (Phi) is 3.84. The molecule has 0 aliphatic heterocycles. The van der Waals surface area contributed by atoms with E-state index in [9.17, 15) is 10.1 Å². The predicted octanol–water partition coefficient (Wildman–Crippen LogP) is 0.311. The van der Waals surface area contributed by atoms with Crippen molar-refractivity contribution in [2.45, 2.75) is 31.2 Å². The summed E-state index contributed by atoms with van der Waals surface area (Å²) in [6.45, 7) is 0. The minimum Gasteiger partial charge on any atom is -0.357 e. The summed E-state index contributed by atoms with van der Waals surface area (Å²) >= 11 is 0. The lowest BCUT2D eigenvalue weighted by Gasteiger charge is -2.30. The summed E-state index contributed by atoms with van der Waals surface area (Å²) in [7, 11) is 1.68. The molecule has 0 spiro atoms. The Hall–Kier alpha value is -3.09. The molecule has 0 saturated heterocycles. The molecular formula is C13H15N9O. The molecule has 1 aliphatic carbocycles. The van der Waals surface area contributed by atoms with E-state index in [0.29, 0.717) is 31.6 Å². The molecule has 0 radical (unpaired) electrons. The van der Waals surface area contributed by atoms with Crippen molar-refractivity contribution < 1.29 is 4.79 Å². The van der Waals surface area contributed by atoms with Crippen LogP contribution in [0.5, 0.6) is 0 Å². The second-order valence-corrected chi connectivity index (χ2v) is 5.23. The molecule has 2 aromatic rings. The Labute approximate surface area is 132 Å². The first-order valence-corrected chi connectivity index (χ1v) is 7.14. The van der Waals surface area contributed by atoms with Gasteiger partial charge in [-0.25, -0.2) is 4.98 Å². The van der Waals surface area contributed by atoms with Crippen LogP contribution in [0.3, 0.4) is 0 Å². The maximum Gasteiger partial charge on any atom is 0.258 e. The molecule has 118 valence electrons. The summed E-state index contributed by atoms with van der Waals surface area (Å²) in [6.07, 6.45) is 4.46. The number of ketones is 1. The topological polar surface area (TPSA) is 134 Å². The van der Waals surface area contributed by atoms with Gasteiger partial charge in [-0.3, -0.25) is 4.79 Å². The van der Waals surface area contributed by atoms with Gasteiger partial charge in [-0.2, -0.15) is 30.0 Å². The van der Waals surface area contributed by atoms with Crippen molar-refractivity contribution in [2.75, 3.05) is 17.7 Å². The van der Waals surface area contributed by atoms with Gasteiger partial charge >= 0.3 is 0 Å². The molecule has 0 bridgehead atoms. The summed E-state index contributed by atoms with van der Waals surface area (Å²) in [4.78, 5) is 28.0. The molecule has 1 aliphatic rings. The smallest absolute Gasteiger partial charge is 0.258 e. The van der Waals surface area contributed by atoms with Gasteiger partial charge in [0.1, 0.15) is 24.0 Å². The molecule has 10 heteroatoms. The monoisotopic (exact) mass is 313 g/mol. The summed E-state index contributed by atoms with van der Waals surface area (Å²) in [6, 6.07) is 2.26. The number of nitrogens with one attached hydrogen (secondary N) is 2. The summed E-state index contributed by atoms with van der Waals surface area (Å²) in [5, 5.41) is 19.4. The highest BCUT2D eigenvalue weighted by Gasteiger charge is 2.35. The van der Waals surface area contributed by atoms with Crippen LogP contribution in [0.1, 0.15) is 25.7 Å². The van der Waals surface area contributed by atoms with Crippen LogP contribution < -0.4 is 10.6 Å². The van der Waals surface area contributed by atoms with Crippen molar-refractivity contribution >= 4 is 17.7 Å². The second kappa shape index (κ2) is 5.96. The molecule has 2 heterocycles. The fourth-order valence-corrected chi connectivity index (χ4v) is 2.38. The molecule has 0 aromatic carbocycles. The quantitative estimate of drug-likeness (QED) is 0.817. The van der Waals surface area contributed by atoms with Crippen LogP contribution in [0, 0.1) is 11.3 Å². The predicted molar refractivity (Wildman–Crippen MR) is 79.7 cm³/mol. The van der Waals surface area contributed by atoms with Crippen molar-refractivity contribution in [2.24, 2.45) is 0 Å². The number of hydrogen-bond donors (Lipinski definition) is 2. The number of carbonyl (C=O) groups excluding carboxylic acids is 1. The van der Waals surface area contributed by atoms with Crippen LogP contribution >= 0.6 is 0 Å². The zero-order valence-corrected chi connectivity index (χ0v) is 12.5. The Balaban J connectivity index is 1.91. The minimum atomic E-state index is -0.847. The lowest BCUT2D eigenvalue weighted by molar-refractivity contribution is -0.120. The van der Waals surface area contributed by atoms with E-state index in [1.165, 1.54) is 17.3 Å². The first kappa shape index (κ1) is 14.8. The van der Waals surface area contributed by atoms with E-state index in [1.54, 1.807) is 7.05 Å². The van der Waals surface area contributed by atoms with E-state index in [0.717, 1.165) is 0 Å². The third-order valence-corrected chi connectivity index (χ3v) is 3.70. The number of nitriles is 1. The van der Waals surface area contributed by atoms with E-state index >= 15 is 0 Å². The number of Topliss-reactive ketones (excluding diaryl/α,β-unsaturated/α-hetero) is 1. The van der Waals surface area contributed by atoms with Crippen LogP contribution in [0.15, 0.2) is 12.7 Å². The first-order valence-electron chi connectivity index (χ1n) is 7.14. The van der Waals surface area contributed by atoms with Gasteiger partial charge in [-0.1, -0.05) is 0 Å². The van der Waals surface area contributed by atoms with Crippen LogP contribution in [-0.2, 0) is 4.79 Å². The van der Waals surface area contributed by atoms with E-state index in [4.69, 9.17) is 0 Å². The van der Waals surface area contributed by atoms with Gasteiger partial charge in [-0.05, 0) is 12.8 Å². The Morgan fingerprint density at radius 3 is 2.61 bits per heavy atom. The lowest BCUT2D eigenvalue weighted by atomic mass is 9.82. The molecule has 23 heavy (non-hydrogen) atoms. The highest BCUT2D eigenvalue weighted by molar-refractivity contribution is 5.80. The third kappa shape index (κ3) is 3.08. The Morgan fingerprint density at radius 1 is 1.26 bits per heavy atom. The van der Waals surface area contributed by atoms with Crippen molar-refractivity contribution in [3.05, 3.63) is 12.7 Å². The molecule has 0 unspecified atom stereocenters. The molecule has 2 aromatic heterocycles. The Bertz CT molecular complexity index is 739. The van der Waals surface area contributed by atoms with Gasteiger partial charge in [0, 0.05) is 19.9 Å². The van der Waals surface area contributed by atoms with Crippen LogP contribution in [0.2, 0.25) is 0 Å². The number of anilines is 2. The molecule has 0 atom stereocenters. The fraction of sp³-hybridized carbons (Fsp3) is 0.462. The highest BCUT2D eigenvalue weighted by atomic mass is 16.1. The standard InChI is InChI=1S/C13H15N9O/c1-15-10-18-11(20-12(19-10)22-8-16-7-17-22)21-13(6-14)4-2-9(23)3-5-13/h7-8H,2-5H2,1H3,(H2,15,18,19,20,21). The largest absolute Gasteiger partial charge is 0.357 e. The van der Waals surface area contributed by atoms with Crippen molar-refractivity contribution in [1.82, 2.24) is 29.7 Å². The number of hydrogen-bond acceptors (Lipinski definition) is 9. The van der Waals surface area contributed by atoms with Crippen molar-refractivity contribution in [1.29, 1.82) is 5.26 Å². The lowest BCUT2D eigenvalue weighted by Crippen LogP contribution is -2.41. The average molecular weight is 313 g/mol. The number of carbonyl (C=O) groups is 1. The fourth-order valence-electron chi connectivity index (χ4n) is 2.38. The van der Waals surface area contributed by atoms with Crippen molar-refractivity contribution in [3.63, 3.8) is 0 Å². The SMILES string of the molecule is CNc1nc(NC2(C#N)CCC(=O)CC2)nc(-n2cncn2)n1. The van der Waals surface area contributed by atoms with Gasteiger partial charge in [0.2, 0.25) is 11.9 Å². The molecule has 0 amide bonds. The molecule has 10 nitrogen and oxygen atoms in total. The van der Waals surface area contributed by atoms with E-state index in [2.05, 4.69) is 41.7 Å². The van der Waals surface area contributed by atoms with E-state index in [1.807, 2.05) is 0 Å². The van der Waals surface area contributed by atoms with Gasteiger partial charge in [0.05, 0.1) is 6.07 Å². The van der Waals surface area contributed by atoms with E-state index < -0.39 is 5.54 Å². The number of nitrogens with zero attached hydrogens (tertiary/aromatic N) is 7. The van der Waals surface area contributed by atoms with Gasteiger partial charge < -0.3 is 10.6 Å². The molecule has 2 N–H and O–H groups in total. The van der Waals surface area contributed by atoms with Crippen LogP contribution in [-0.4, -0.2) is 48.1 Å². The van der Waals surface area contributed by atoms with Crippen LogP contribution in [0.4, 0.5) is 11.9 Å². The molecule has 3 rings (SSSR count). The minimum absolute atomic E-state index is 0.174. The number of aromatic nitrogens is 6. The second-order valence-electron chi connectivity index (χ2n) is 5.23. The van der Waals surface area contributed by atoms with E-state index in [-0.39, 0.29) is 17.7 Å². The van der Waals surface area contributed by atoms with Gasteiger partial charge in [-0.15, -0.1) is 0 Å². The highest BCUT2D eigenvalue weighted by Crippen LogP contribution is 2.29. The van der Waals surface area contributed by atoms with Gasteiger partial charge in [0.25, 0.3) is 5.95 Å². The third-order valence-electron chi connectivity index (χ3n) is 3.70. The summed E-state index contributed by atoms with van der Waals surface area (Å²) in [5.41, 5.74) is -0.847. The maximum absolute atomic E-state index is 11.4. The zero-order chi connectivity index (χ0) is 16.3. The summed E-state index contributed by atoms with van der Waals surface area (Å²) < 4.78 is 1.40. The molecule has 1 fully saturated rings. The Morgan fingerprint density at radius 2 is 2.00 bits per heavy atom. The summed E-state index contributed by atoms with van der Waals surface area (Å²) in [5.74, 6) is 1.05. The normalized spacial score (nSPS) is 16.6. The zero-order valence-electron chi connectivity index (χ0n) is 12.5.